The smallest absolute Gasteiger partial charge is 0.264 e. The third-order valence-electron chi connectivity index (χ3n) is 3.77. The van der Waals surface area contributed by atoms with Crippen molar-refractivity contribution in [2.24, 2.45) is 0 Å². The molecule has 1 N–H and O–H groups in total. The van der Waals surface area contributed by atoms with Crippen molar-refractivity contribution in [3.8, 4) is 17.0 Å². The van der Waals surface area contributed by atoms with Crippen molar-refractivity contribution in [3.63, 3.8) is 0 Å². The van der Waals surface area contributed by atoms with Crippen LogP contribution in [-0.2, 0) is 4.79 Å². The molecule has 0 fully saturated rings. The summed E-state index contributed by atoms with van der Waals surface area (Å²) in [6.45, 7) is 3.29. The number of hydrogen-bond donors (Lipinski definition) is 1. The van der Waals surface area contributed by atoms with Gasteiger partial charge in [-0.2, -0.15) is 0 Å². The fourth-order valence-electron chi connectivity index (χ4n) is 2.43. The van der Waals surface area contributed by atoms with Crippen molar-refractivity contribution in [1.82, 2.24) is 4.98 Å². The number of ether oxygens (including phenoxy) is 1. The molecule has 0 bridgehead atoms. The molecule has 0 spiro atoms. The van der Waals surface area contributed by atoms with Crippen LogP contribution < -0.4 is 10.1 Å². The monoisotopic (exact) mass is 444 g/mol. The van der Waals surface area contributed by atoms with Gasteiger partial charge in [0, 0.05) is 20.5 Å². The molecule has 0 saturated heterocycles. The Morgan fingerprint density at radius 1 is 1.19 bits per heavy atom. The molecule has 0 atom stereocenters. The highest BCUT2D eigenvalue weighted by molar-refractivity contribution is 9.10. The van der Waals surface area contributed by atoms with Crippen LogP contribution in [-0.4, -0.2) is 23.3 Å². The number of nitrogens with one attached hydrogen (secondary N) is 1. The Bertz CT molecular complexity index is 983. The standard InChI is InChI=1S/C20H17BrN2O3S/c1-12(24)15-4-3-5-17(10-15)26-11-18(25)22-20-23-19(13(2)27-20)14-6-8-16(21)9-7-14/h3-10H,11H2,1-2H3,(H,22,23,25). The number of amides is 1. The Kier molecular flexibility index (Phi) is 6.03. The lowest BCUT2D eigenvalue weighted by molar-refractivity contribution is -0.118. The molecule has 0 aliphatic carbocycles. The van der Waals surface area contributed by atoms with Gasteiger partial charge >= 0.3 is 0 Å². The van der Waals surface area contributed by atoms with Gasteiger partial charge in [0.1, 0.15) is 5.75 Å². The van der Waals surface area contributed by atoms with E-state index in [0.29, 0.717) is 16.4 Å². The van der Waals surface area contributed by atoms with Gasteiger partial charge in [0.2, 0.25) is 0 Å². The van der Waals surface area contributed by atoms with Gasteiger partial charge in [0.15, 0.2) is 17.5 Å². The van der Waals surface area contributed by atoms with Crippen LogP contribution in [0, 0.1) is 6.92 Å². The summed E-state index contributed by atoms with van der Waals surface area (Å²) in [6, 6.07) is 14.6. The van der Waals surface area contributed by atoms with Crippen LogP contribution >= 0.6 is 27.3 Å². The predicted molar refractivity (Wildman–Crippen MR) is 111 cm³/mol. The third-order valence-corrected chi connectivity index (χ3v) is 5.19. The zero-order valence-corrected chi connectivity index (χ0v) is 17.2. The van der Waals surface area contributed by atoms with E-state index >= 15 is 0 Å². The lowest BCUT2D eigenvalue weighted by Crippen LogP contribution is -2.20. The summed E-state index contributed by atoms with van der Waals surface area (Å²) in [5.74, 6) is 0.117. The van der Waals surface area contributed by atoms with Crippen molar-refractivity contribution in [2.45, 2.75) is 13.8 Å². The molecule has 0 aliphatic rings. The van der Waals surface area contributed by atoms with Gasteiger partial charge in [0.25, 0.3) is 5.91 Å². The Hall–Kier alpha value is -2.51. The molecular formula is C20H17BrN2O3S. The van der Waals surface area contributed by atoms with Crippen LogP contribution in [0.25, 0.3) is 11.3 Å². The molecule has 1 heterocycles. The van der Waals surface area contributed by atoms with E-state index in [1.807, 2.05) is 31.2 Å². The highest BCUT2D eigenvalue weighted by atomic mass is 79.9. The summed E-state index contributed by atoms with van der Waals surface area (Å²) >= 11 is 4.83. The first-order valence-electron chi connectivity index (χ1n) is 8.19. The Morgan fingerprint density at radius 3 is 2.63 bits per heavy atom. The van der Waals surface area contributed by atoms with Gasteiger partial charge in [-0.25, -0.2) is 4.98 Å². The minimum Gasteiger partial charge on any atom is -0.484 e. The van der Waals surface area contributed by atoms with E-state index in [1.54, 1.807) is 24.3 Å². The molecule has 1 amide bonds. The number of Topliss-reactive ketones (excluding diaryl/α,β-unsaturated/α-hetero) is 1. The second-order valence-electron chi connectivity index (χ2n) is 5.85. The molecule has 1 aromatic heterocycles. The quantitative estimate of drug-likeness (QED) is 0.536. The maximum Gasteiger partial charge on any atom is 0.264 e. The summed E-state index contributed by atoms with van der Waals surface area (Å²) in [4.78, 5) is 29.1. The van der Waals surface area contributed by atoms with Crippen molar-refractivity contribution in [3.05, 3.63) is 63.4 Å². The number of ketones is 1. The fraction of sp³-hybridized carbons (Fsp3) is 0.150. The summed E-state index contributed by atoms with van der Waals surface area (Å²) in [7, 11) is 0. The van der Waals surface area contributed by atoms with Gasteiger partial charge in [-0.3, -0.25) is 14.9 Å². The van der Waals surface area contributed by atoms with Crippen LogP contribution in [0.1, 0.15) is 22.2 Å². The van der Waals surface area contributed by atoms with E-state index < -0.39 is 0 Å². The van der Waals surface area contributed by atoms with E-state index in [2.05, 4.69) is 26.2 Å². The van der Waals surface area contributed by atoms with E-state index in [9.17, 15) is 9.59 Å². The molecule has 138 valence electrons. The highest BCUT2D eigenvalue weighted by Crippen LogP contribution is 2.31. The number of nitrogens with zero attached hydrogens (tertiary/aromatic N) is 1. The first kappa shape index (κ1) is 19.3. The number of thiazole rings is 1. The Balaban J connectivity index is 1.63. The number of rotatable bonds is 6. The lowest BCUT2D eigenvalue weighted by atomic mass is 10.1. The first-order chi connectivity index (χ1) is 12.9. The second-order valence-corrected chi connectivity index (χ2v) is 7.97. The van der Waals surface area contributed by atoms with Gasteiger partial charge in [0.05, 0.1) is 5.69 Å². The zero-order chi connectivity index (χ0) is 19.4. The molecule has 0 aliphatic heterocycles. The van der Waals surface area contributed by atoms with Crippen LogP contribution in [0.4, 0.5) is 5.13 Å². The number of aryl methyl sites for hydroxylation is 1. The zero-order valence-electron chi connectivity index (χ0n) is 14.8. The molecule has 0 saturated carbocycles. The topological polar surface area (TPSA) is 68.3 Å². The summed E-state index contributed by atoms with van der Waals surface area (Å²) in [5, 5.41) is 3.28. The van der Waals surface area contributed by atoms with Crippen molar-refractivity contribution in [1.29, 1.82) is 0 Å². The predicted octanol–water partition coefficient (Wildman–Crippen LogP) is 5.10. The fourth-order valence-corrected chi connectivity index (χ4v) is 3.55. The van der Waals surface area contributed by atoms with Crippen LogP contribution in [0.5, 0.6) is 5.75 Å². The van der Waals surface area contributed by atoms with Crippen molar-refractivity contribution >= 4 is 44.1 Å². The van der Waals surface area contributed by atoms with E-state index in [0.717, 1.165) is 20.6 Å². The number of halogens is 1. The average Bonchev–Trinajstić information content (AvgIpc) is 3.01. The minimum atomic E-state index is -0.306. The van der Waals surface area contributed by atoms with Gasteiger partial charge in [-0.1, -0.05) is 40.2 Å². The largest absolute Gasteiger partial charge is 0.484 e. The first-order valence-corrected chi connectivity index (χ1v) is 9.80. The Morgan fingerprint density at radius 2 is 1.93 bits per heavy atom. The molecule has 3 rings (SSSR count). The molecule has 2 aromatic carbocycles. The Labute approximate surface area is 169 Å². The second kappa shape index (κ2) is 8.45. The molecule has 27 heavy (non-hydrogen) atoms. The van der Waals surface area contributed by atoms with Crippen LogP contribution in [0.3, 0.4) is 0 Å². The number of carbonyl (C=O) groups excluding carboxylic acids is 2. The SMILES string of the molecule is CC(=O)c1cccc(OCC(=O)Nc2nc(-c3ccc(Br)cc3)c(C)s2)c1. The average molecular weight is 445 g/mol. The molecule has 7 heteroatoms. The third kappa shape index (κ3) is 5.02. The van der Waals surface area contributed by atoms with Crippen molar-refractivity contribution < 1.29 is 14.3 Å². The van der Waals surface area contributed by atoms with Gasteiger partial charge < -0.3 is 4.74 Å². The number of carbonyl (C=O) groups is 2. The lowest BCUT2D eigenvalue weighted by Gasteiger charge is -2.06. The summed E-state index contributed by atoms with van der Waals surface area (Å²) in [5.41, 5.74) is 2.38. The van der Waals surface area contributed by atoms with Gasteiger partial charge in [-0.05, 0) is 38.1 Å². The highest BCUT2D eigenvalue weighted by Gasteiger charge is 2.13. The summed E-state index contributed by atoms with van der Waals surface area (Å²) in [6.07, 6.45) is 0. The van der Waals surface area contributed by atoms with Gasteiger partial charge in [-0.15, -0.1) is 11.3 Å². The van der Waals surface area contributed by atoms with Crippen LogP contribution in [0.2, 0.25) is 0 Å². The maximum atomic E-state index is 12.2. The van der Waals surface area contributed by atoms with E-state index in [1.165, 1.54) is 18.3 Å². The molecule has 5 nitrogen and oxygen atoms in total. The number of aromatic nitrogens is 1. The number of benzene rings is 2. The number of hydrogen-bond acceptors (Lipinski definition) is 5. The minimum absolute atomic E-state index is 0.0522. The summed E-state index contributed by atoms with van der Waals surface area (Å²) < 4.78 is 6.47. The number of anilines is 1. The maximum absolute atomic E-state index is 12.2. The van der Waals surface area contributed by atoms with Crippen molar-refractivity contribution in [2.75, 3.05) is 11.9 Å². The van der Waals surface area contributed by atoms with E-state index in [4.69, 9.17) is 4.74 Å². The molecule has 0 radical (unpaired) electrons. The van der Waals surface area contributed by atoms with Crippen LogP contribution in [0.15, 0.2) is 53.0 Å². The van der Waals surface area contributed by atoms with E-state index in [-0.39, 0.29) is 18.3 Å². The normalized spacial score (nSPS) is 10.5. The molecule has 3 aromatic rings. The molecular weight excluding hydrogens is 428 g/mol. The molecule has 0 unspecified atom stereocenters.